The van der Waals surface area contributed by atoms with Gasteiger partial charge in [0.1, 0.15) is 0 Å². The van der Waals surface area contributed by atoms with Crippen LogP contribution in [0.1, 0.15) is 31.4 Å². The van der Waals surface area contributed by atoms with E-state index in [1.54, 1.807) is 6.08 Å². The number of hydrogen-bond donors (Lipinski definition) is 0. The summed E-state index contributed by atoms with van der Waals surface area (Å²) in [5.41, 5.74) is 3.78. The van der Waals surface area contributed by atoms with Crippen LogP contribution in [0, 0.1) is 6.92 Å². The Bertz CT molecular complexity index is 277. The van der Waals surface area contributed by atoms with Crippen molar-refractivity contribution in [3.8, 4) is 0 Å². The first kappa shape index (κ1) is 12.7. The van der Waals surface area contributed by atoms with Gasteiger partial charge in [-0.05, 0) is 31.4 Å². The molecule has 0 aliphatic heterocycles. The molecule has 1 aromatic carbocycles. The zero-order valence-electron chi connectivity index (χ0n) is 9.51. The van der Waals surface area contributed by atoms with E-state index in [1.165, 1.54) is 16.7 Å². The summed E-state index contributed by atoms with van der Waals surface area (Å²) in [6.45, 7) is 13.4. The topological polar surface area (TPSA) is 0 Å². The summed E-state index contributed by atoms with van der Waals surface area (Å²) in [6, 6.07) is 8.49. The Morgan fingerprint density at radius 2 is 1.71 bits per heavy atom. The molecular formula is C14H20. The van der Waals surface area contributed by atoms with E-state index in [1.807, 2.05) is 6.92 Å². The van der Waals surface area contributed by atoms with Gasteiger partial charge in [-0.3, -0.25) is 0 Å². The van der Waals surface area contributed by atoms with E-state index in [0.717, 1.165) is 6.42 Å². The van der Waals surface area contributed by atoms with Gasteiger partial charge in [0.25, 0.3) is 0 Å². The number of benzene rings is 1. The van der Waals surface area contributed by atoms with Gasteiger partial charge in [0.2, 0.25) is 0 Å². The van der Waals surface area contributed by atoms with Crippen LogP contribution in [0.15, 0.2) is 43.5 Å². The largest absolute Gasteiger partial charge is 0.103 e. The summed E-state index contributed by atoms with van der Waals surface area (Å²) in [5.74, 6) is 0. The highest BCUT2D eigenvalue weighted by Gasteiger charge is 1.93. The molecule has 76 valence electrons. The average Bonchev–Trinajstić information content (AvgIpc) is 2.19. The van der Waals surface area contributed by atoms with Gasteiger partial charge in [-0.2, -0.15) is 0 Å². The SMILES string of the molecule is C=C(CC)c1ccc(C)cc1.C=CC. The van der Waals surface area contributed by atoms with Gasteiger partial charge in [0, 0.05) is 0 Å². The summed E-state index contributed by atoms with van der Waals surface area (Å²) < 4.78 is 0. The second-order valence-corrected chi connectivity index (χ2v) is 3.23. The molecule has 14 heavy (non-hydrogen) atoms. The normalized spacial score (nSPS) is 8.50. The maximum absolute atomic E-state index is 3.97. The maximum Gasteiger partial charge on any atom is -0.0230 e. The standard InChI is InChI=1S/C11H14.C3H6/c1-4-10(3)11-7-5-9(2)6-8-11;1-3-2/h5-8H,3-4H2,1-2H3;3H,1H2,2H3. The molecule has 0 N–H and O–H groups in total. The van der Waals surface area contributed by atoms with Crippen molar-refractivity contribution in [3.63, 3.8) is 0 Å². The lowest BCUT2D eigenvalue weighted by Gasteiger charge is -2.01. The molecule has 0 bridgehead atoms. The third kappa shape index (κ3) is 4.66. The smallest absolute Gasteiger partial charge is 0.0230 e. The lowest BCUT2D eigenvalue weighted by atomic mass is 10.0. The van der Waals surface area contributed by atoms with E-state index in [0.29, 0.717) is 0 Å². The molecule has 0 atom stereocenters. The van der Waals surface area contributed by atoms with Crippen LogP contribution in [0.3, 0.4) is 0 Å². The van der Waals surface area contributed by atoms with Crippen LogP contribution in [0.5, 0.6) is 0 Å². The molecule has 0 heterocycles. The molecule has 0 aromatic heterocycles. The van der Waals surface area contributed by atoms with Gasteiger partial charge in [0.15, 0.2) is 0 Å². The highest BCUT2D eigenvalue weighted by Crippen LogP contribution is 2.15. The first-order valence-electron chi connectivity index (χ1n) is 4.97. The Kier molecular flexibility index (Phi) is 6.47. The van der Waals surface area contributed by atoms with Gasteiger partial charge >= 0.3 is 0 Å². The predicted molar refractivity (Wildman–Crippen MR) is 66.4 cm³/mol. The molecule has 0 radical (unpaired) electrons. The van der Waals surface area contributed by atoms with Crippen molar-refractivity contribution in [2.75, 3.05) is 0 Å². The molecule has 0 aliphatic rings. The molecule has 0 nitrogen and oxygen atoms in total. The average molecular weight is 188 g/mol. The summed E-state index contributed by atoms with van der Waals surface area (Å²) in [7, 11) is 0. The number of aryl methyl sites for hydroxylation is 1. The number of allylic oxidation sites excluding steroid dienone is 2. The quantitative estimate of drug-likeness (QED) is 0.594. The lowest BCUT2D eigenvalue weighted by Crippen LogP contribution is -1.80. The third-order valence-electron chi connectivity index (χ3n) is 1.89. The summed E-state index contributed by atoms with van der Waals surface area (Å²) in [6.07, 6.45) is 2.78. The Morgan fingerprint density at radius 1 is 1.29 bits per heavy atom. The fourth-order valence-electron chi connectivity index (χ4n) is 0.993. The molecule has 0 saturated carbocycles. The molecule has 0 saturated heterocycles. The van der Waals surface area contributed by atoms with Crippen LogP contribution >= 0.6 is 0 Å². The maximum atomic E-state index is 3.97. The zero-order valence-corrected chi connectivity index (χ0v) is 9.51. The van der Waals surface area contributed by atoms with Gasteiger partial charge in [0.05, 0.1) is 0 Å². The number of hydrogen-bond acceptors (Lipinski definition) is 0. The van der Waals surface area contributed by atoms with Crippen LogP contribution in [-0.2, 0) is 0 Å². The van der Waals surface area contributed by atoms with Gasteiger partial charge in [-0.1, -0.05) is 49.4 Å². The van der Waals surface area contributed by atoms with Crippen LogP contribution in [0.25, 0.3) is 5.57 Å². The zero-order chi connectivity index (χ0) is 11.0. The molecule has 0 amide bonds. The van der Waals surface area contributed by atoms with E-state index in [-0.39, 0.29) is 0 Å². The van der Waals surface area contributed by atoms with E-state index < -0.39 is 0 Å². The summed E-state index contributed by atoms with van der Waals surface area (Å²) in [4.78, 5) is 0. The monoisotopic (exact) mass is 188 g/mol. The fourth-order valence-corrected chi connectivity index (χ4v) is 0.993. The Labute approximate surface area is 88.0 Å². The Balaban J connectivity index is 0.000000500. The van der Waals surface area contributed by atoms with Gasteiger partial charge in [-0.25, -0.2) is 0 Å². The summed E-state index contributed by atoms with van der Waals surface area (Å²) >= 11 is 0. The molecular weight excluding hydrogens is 168 g/mol. The van der Waals surface area contributed by atoms with Crippen LogP contribution < -0.4 is 0 Å². The minimum absolute atomic E-state index is 1.03. The minimum atomic E-state index is 1.03. The van der Waals surface area contributed by atoms with Crippen molar-refractivity contribution in [2.24, 2.45) is 0 Å². The predicted octanol–water partition coefficient (Wildman–Crippen LogP) is 4.61. The fraction of sp³-hybridized carbons (Fsp3) is 0.286. The van der Waals surface area contributed by atoms with Crippen LogP contribution in [0.2, 0.25) is 0 Å². The molecule has 1 rings (SSSR count). The van der Waals surface area contributed by atoms with Crippen molar-refractivity contribution in [1.29, 1.82) is 0 Å². The van der Waals surface area contributed by atoms with Crippen molar-refractivity contribution in [3.05, 3.63) is 54.6 Å². The number of rotatable bonds is 2. The molecule has 1 aromatic rings. The van der Waals surface area contributed by atoms with Crippen LogP contribution in [-0.4, -0.2) is 0 Å². The highest BCUT2D eigenvalue weighted by atomic mass is 14.0. The lowest BCUT2D eigenvalue weighted by molar-refractivity contribution is 1.24. The van der Waals surface area contributed by atoms with E-state index in [2.05, 4.69) is 51.3 Å². The Morgan fingerprint density at radius 3 is 2.07 bits per heavy atom. The van der Waals surface area contributed by atoms with Crippen molar-refractivity contribution < 1.29 is 0 Å². The van der Waals surface area contributed by atoms with E-state index >= 15 is 0 Å². The van der Waals surface area contributed by atoms with E-state index in [4.69, 9.17) is 0 Å². The second kappa shape index (κ2) is 7.14. The van der Waals surface area contributed by atoms with E-state index in [9.17, 15) is 0 Å². The molecule has 0 fully saturated rings. The molecule has 0 heteroatoms. The van der Waals surface area contributed by atoms with Gasteiger partial charge < -0.3 is 0 Å². The first-order chi connectivity index (χ1) is 6.65. The first-order valence-corrected chi connectivity index (χ1v) is 4.97. The Hall–Kier alpha value is -1.30. The van der Waals surface area contributed by atoms with Crippen LogP contribution in [0.4, 0.5) is 0 Å². The molecule has 0 unspecified atom stereocenters. The van der Waals surface area contributed by atoms with Gasteiger partial charge in [-0.15, -0.1) is 6.58 Å². The van der Waals surface area contributed by atoms with Crippen molar-refractivity contribution in [1.82, 2.24) is 0 Å². The van der Waals surface area contributed by atoms with Crippen molar-refractivity contribution in [2.45, 2.75) is 27.2 Å². The third-order valence-corrected chi connectivity index (χ3v) is 1.89. The summed E-state index contributed by atoms with van der Waals surface area (Å²) in [5, 5.41) is 0. The highest BCUT2D eigenvalue weighted by molar-refractivity contribution is 5.62. The van der Waals surface area contributed by atoms with Crippen molar-refractivity contribution >= 4 is 5.57 Å². The second-order valence-electron chi connectivity index (χ2n) is 3.23. The molecule has 0 aliphatic carbocycles. The minimum Gasteiger partial charge on any atom is -0.103 e. The molecule has 0 spiro atoms.